The van der Waals surface area contributed by atoms with Gasteiger partial charge in [-0.1, -0.05) is 0 Å². The Morgan fingerprint density at radius 1 is 1.56 bits per heavy atom. The molecule has 0 aromatic carbocycles. The Bertz CT molecular complexity index is 559. The van der Waals surface area contributed by atoms with Gasteiger partial charge in [0.25, 0.3) is 0 Å². The Balaban J connectivity index is 2.04. The van der Waals surface area contributed by atoms with E-state index in [2.05, 4.69) is 10.3 Å². The molecule has 100 valence electrons. The lowest BCUT2D eigenvalue weighted by Crippen LogP contribution is -2.56. The minimum Gasteiger partial charge on any atom is -0.350 e. The van der Waals surface area contributed by atoms with Crippen molar-refractivity contribution < 1.29 is 13.2 Å². The van der Waals surface area contributed by atoms with Gasteiger partial charge in [0.05, 0.1) is 11.6 Å². The Morgan fingerprint density at radius 3 is 2.61 bits per heavy atom. The molecule has 1 saturated carbocycles. The second-order valence-corrected chi connectivity index (χ2v) is 8.29. The van der Waals surface area contributed by atoms with Crippen LogP contribution in [0.2, 0.25) is 0 Å². The number of carbonyl (C=O) groups is 1. The molecule has 1 aromatic heterocycles. The number of sulfone groups is 1. The molecule has 7 heteroatoms. The molecule has 0 unspecified atom stereocenters. The third-order valence-electron chi connectivity index (χ3n) is 3.38. The Kier molecular flexibility index (Phi) is 3.46. The maximum atomic E-state index is 12.1. The van der Waals surface area contributed by atoms with E-state index in [1.807, 2.05) is 6.92 Å². The van der Waals surface area contributed by atoms with Crippen LogP contribution >= 0.6 is 11.3 Å². The second kappa shape index (κ2) is 4.62. The van der Waals surface area contributed by atoms with Crippen molar-refractivity contribution in [2.45, 2.75) is 37.5 Å². The molecule has 0 radical (unpaired) electrons. The predicted molar refractivity (Wildman–Crippen MR) is 70.1 cm³/mol. The number of aryl methyl sites for hydroxylation is 1. The van der Waals surface area contributed by atoms with E-state index >= 15 is 0 Å². The van der Waals surface area contributed by atoms with Gasteiger partial charge in [0.1, 0.15) is 4.75 Å². The van der Waals surface area contributed by atoms with Crippen molar-refractivity contribution in [3.63, 3.8) is 0 Å². The highest BCUT2D eigenvalue weighted by Crippen LogP contribution is 2.39. The average molecular weight is 288 g/mol. The minimum atomic E-state index is -3.35. The molecular formula is C11H16N2O3S2. The summed E-state index contributed by atoms with van der Waals surface area (Å²) in [6, 6.07) is 0. The van der Waals surface area contributed by atoms with Gasteiger partial charge in [0.15, 0.2) is 9.84 Å². The van der Waals surface area contributed by atoms with Gasteiger partial charge < -0.3 is 5.32 Å². The number of hydrogen-bond acceptors (Lipinski definition) is 5. The first-order valence-electron chi connectivity index (χ1n) is 5.74. The van der Waals surface area contributed by atoms with Crippen molar-refractivity contribution >= 4 is 27.1 Å². The molecule has 0 bridgehead atoms. The highest BCUT2D eigenvalue weighted by Gasteiger charge is 2.52. The van der Waals surface area contributed by atoms with Gasteiger partial charge in [-0.15, -0.1) is 11.3 Å². The summed E-state index contributed by atoms with van der Waals surface area (Å²) in [6.07, 6.45) is 4.50. The molecule has 0 atom stereocenters. The number of nitrogens with zero attached hydrogens (tertiary/aromatic N) is 1. The zero-order valence-corrected chi connectivity index (χ0v) is 12.0. The normalized spacial score (nSPS) is 18.1. The fourth-order valence-corrected chi connectivity index (χ4v) is 4.25. The third kappa shape index (κ3) is 2.29. The molecule has 1 fully saturated rings. The van der Waals surface area contributed by atoms with E-state index in [0.717, 1.165) is 22.6 Å². The van der Waals surface area contributed by atoms with E-state index in [9.17, 15) is 13.2 Å². The summed E-state index contributed by atoms with van der Waals surface area (Å²) < 4.78 is 22.3. The summed E-state index contributed by atoms with van der Waals surface area (Å²) in [4.78, 5) is 17.1. The molecule has 0 saturated heterocycles. The van der Waals surface area contributed by atoms with E-state index in [0.29, 0.717) is 19.4 Å². The maximum Gasteiger partial charge on any atom is 0.241 e. The number of aromatic nitrogens is 1. The quantitative estimate of drug-likeness (QED) is 0.898. The molecule has 1 N–H and O–H groups in total. The van der Waals surface area contributed by atoms with Gasteiger partial charge in [-0.2, -0.15) is 0 Å². The van der Waals surface area contributed by atoms with Gasteiger partial charge in [-0.05, 0) is 26.2 Å². The van der Waals surface area contributed by atoms with E-state index in [4.69, 9.17) is 0 Å². The third-order valence-corrected chi connectivity index (χ3v) is 6.30. The summed E-state index contributed by atoms with van der Waals surface area (Å²) >= 11 is 1.50. The number of carbonyl (C=O) groups excluding carboxylic acids is 1. The van der Waals surface area contributed by atoms with Crippen LogP contribution in [0.5, 0.6) is 0 Å². The highest BCUT2D eigenvalue weighted by atomic mass is 32.2. The van der Waals surface area contributed by atoms with Crippen LogP contribution in [0, 0.1) is 6.92 Å². The lowest BCUT2D eigenvalue weighted by atomic mass is 9.83. The lowest BCUT2D eigenvalue weighted by molar-refractivity contribution is -0.125. The fourth-order valence-electron chi connectivity index (χ4n) is 2.08. The molecule has 1 heterocycles. The van der Waals surface area contributed by atoms with E-state index in [1.54, 1.807) is 6.20 Å². The summed E-state index contributed by atoms with van der Waals surface area (Å²) in [6.45, 7) is 2.24. The van der Waals surface area contributed by atoms with Gasteiger partial charge in [-0.3, -0.25) is 4.79 Å². The smallest absolute Gasteiger partial charge is 0.241 e. The van der Waals surface area contributed by atoms with Crippen LogP contribution in [0.15, 0.2) is 6.20 Å². The van der Waals surface area contributed by atoms with Crippen molar-refractivity contribution in [1.82, 2.24) is 10.3 Å². The second-order valence-electron chi connectivity index (χ2n) is 4.65. The number of rotatable bonds is 4. The molecule has 0 spiro atoms. The number of amides is 1. The van der Waals surface area contributed by atoms with E-state index in [1.165, 1.54) is 11.3 Å². The van der Waals surface area contributed by atoms with Gasteiger partial charge >= 0.3 is 0 Å². The molecular weight excluding hydrogens is 272 g/mol. The van der Waals surface area contributed by atoms with E-state index < -0.39 is 14.6 Å². The molecule has 0 aliphatic heterocycles. The van der Waals surface area contributed by atoms with Crippen LogP contribution < -0.4 is 5.32 Å². The Hall–Kier alpha value is -0.950. The Morgan fingerprint density at radius 2 is 2.22 bits per heavy atom. The van der Waals surface area contributed by atoms with Crippen molar-refractivity contribution in [1.29, 1.82) is 0 Å². The number of thiazole rings is 1. The van der Waals surface area contributed by atoms with Crippen molar-refractivity contribution in [2.75, 3.05) is 6.26 Å². The molecule has 1 aliphatic rings. The molecule has 1 aromatic rings. The minimum absolute atomic E-state index is 0.349. The van der Waals surface area contributed by atoms with E-state index in [-0.39, 0.29) is 5.91 Å². The molecule has 2 rings (SSSR count). The monoisotopic (exact) mass is 288 g/mol. The van der Waals surface area contributed by atoms with Crippen LogP contribution in [0.1, 0.15) is 29.1 Å². The van der Waals surface area contributed by atoms with Crippen LogP contribution in [0.4, 0.5) is 0 Å². The SMILES string of the molecule is Cc1ncc(CNC(=O)C2(S(C)(=O)=O)CCC2)s1. The fraction of sp³-hybridized carbons (Fsp3) is 0.636. The zero-order valence-electron chi connectivity index (χ0n) is 10.4. The topological polar surface area (TPSA) is 76.1 Å². The maximum absolute atomic E-state index is 12.1. The summed E-state index contributed by atoms with van der Waals surface area (Å²) in [5, 5.41) is 3.65. The first-order chi connectivity index (χ1) is 8.35. The summed E-state index contributed by atoms with van der Waals surface area (Å²) in [7, 11) is -3.35. The number of nitrogens with one attached hydrogen (secondary N) is 1. The van der Waals surface area contributed by atoms with Crippen LogP contribution in [0.3, 0.4) is 0 Å². The molecule has 1 aliphatic carbocycles. The van der Waals surface area contributed by atoms with Crippen LogP contribution in [0.25, 0.3) is 0 Å². The summed E-state index contributed by atoms with van der Waals surface area (Å²) in [5.74, 6) is -0.373. The average Bonchev–Trinajstić information content (AvgIpc) is 2.57. The first kappa shape index (κ1) is 13.5. The Labute approximate surface area is 111 Å². The highest BCUT2D eigenvalue weighted by molar-refractivity contribution is 7.93. The van der Waals surface area contributed by atoms with Crippen LogP contribution in [-0.2, 0) is 21.2 Å². The molecule has 18 heavy (non-hydrogen) atoms. The van der Waals surface area contributed by atoms with Crippen LogP contribution in [-0.4, -0.2) is 30.3 Å². The predicted octanol–water partition coefficient (Wildman–Crippen LogP) is 1.04. The molecule has 5 nitrogen and oxygen atoms in total. The van der Waals surface area contributed by atoms with Gasteiger partial charge in [0, 0.05) is 17.3 Å². The number of hydrogen-bond donors (Lipinski definition) is 1. The largest absolute Gasteiger partial charge is 0.350 e. The van der Waals surface area contributed by atoms with Gasteiger partial charge in [-0.25, -0.2) is 13.4 Å². The van der Waals surface area contributed by atoms with Crippen molar-refractivity contribution in [2.24, 2.45) is 0 Å². The van der Waals surface area contributed by atoms with Crippen molar-refractivity contribution in [3.8, 4) is 0 Å². The van der Waals surface area contributed by atoms with Gasteiger partial charge in [0.2, 0.25) is 5.91 Å². The first-order valence-corrected chi connectivity index (χ1v) is 8.45. The standard InChI is InChI=1S/C11H16N2O3S2/c1-8-12-6-9(17-8)7-13-10(14)11(4-3-5-11)18(2,15)16/h6H,3-5,7H2,1-2H3,(H,13,14). The zero-order chi connectivity index (χ0) is 13.4. The molecule has 1 amide bonds. The lowest BCUT2D eigenvalue weighted by Gasteiger charge is -2.38. The summed E-state index contributed by atoms with van der Waals surface area (Å²) in [5.41, 5.74) is 0. The van der Waals surface area contributed by atoms with Crippen molar-refractivity contribution in [3.05, 3.63) is 16.1 Å².